The molecule has 2 fully saturated rings. The van der Waals surface area contributed by atoms with Crippen LogP contribution in [-0.4, -0.2) is 56.2 Å². The maximum absolute atomic E-state index is 12.9. The standard InChI is InChI=1S/C26H32N2O4/c1-18(29)32-22-11-7-10-20(14-22)26-12-13-28(2)17-23(26)24(31-3)15-21(16-26)27-25(30)19-8-5-4-6-9-19/h4-11,14,21,23-24H,12-13,15-17H2,1-3H3,(H,27,30)/t21-,23+,24?,26+/m1/s1. The van der Waals surface area contributed by atoms with Crippen LogP contribution in [0, 0.1) is 5.92 Å². The number of rotatable bonds is 5. The van der Waals surface area contributed by atoms with Crippen molar-refractivity contribution >= 4 is 11.9 Å². The minimum absolute atomic E-state index is 0.00954. The Balaban J connectivity index is 1.67. The number of nitrogens with one attached hydrogen (secondary N) is 1. The Bertz CT molecular complexity index is 963. The van der Waals surface area contributed by atoms with Gasteiger partial charge in [-0.25, -0.2) is 0 Å². The van der Waals surface area contributed by atoms with Crippen molar-refractivity contribution in [3.8, 4) is 5.75 Å². The van der Waals surface area contributed by atoms with Crippen molar-refractivity contribution in [1.29, 1.82) is 0 Å². The number of piperidine rings is 1. The molecule has 6 heteroatoms. The van der Waals surface area contributed by atoms with Crippen molar-refractivity contribution in [2.45, 2.75) is 43.7 Å². The molecule has 0 bridgehead atoms. The summed E-state index contributed by atoms with van der Waals surface area (Å²) in [6, 6.07) is 17.2. The first-order valence-corrected chi connectivity index (χ1v) is 11.3. The lowest BCUT2D eigenvalue weighted by Gasteiger charge is -2.55. The number of hydrogen-bond acceptors (Lipinski definition) is 5. The number of fused-ring (bicyclic) bond motifs is 1. The second-order valence-corrected chi connectivity index (χ2v) is 9.15. The molecule has 0 spiro atoms. The van der Waals surface area contributed by atoms with Gasteiger partial charge in [0.1, 0.15) is 5.75 Å². The predicted molar refractivity (Wildman–Crippen MR) is 123 cm³/mol. The summed E-state index contributed by atoms with van der Waals surface area (Å²) in [6.07, 6.45) is 2.58. The zero-order chi connectivity index (χ0) is 22.7. The molecule has 4 rings (SSSR count). The molecule has 1 unspecified atom stereocenters. The van der Waals surface area contributed by atoms with E-state index in [1.54, 1.807) is 7.11 Å². The van der Waals surface area contributed by atoms with Gasteiger partial charge in [0.2, 0.25) is 0 Å². The number of esters is 1. The van der Waals surface area contributed by atoms with Crippen molar-refractivity contribution in [3.63, 3.8) is 0 Å². The number of amides is 1. The first kappa shape index (κ1) is 22.5. The molecule has 2 aliphatic rings. The number of hydrogen-bond donors (Lipinski definition) is 1. The van der Waals surface area contributed by atoms with Gasteiger partial charge in [-0.3, -0.25) is 9.59 Å². The van der Waals surface area contributed by atoms with Gasteiger partial charge in [-0.1, -0.05) is 30.3 Å². The lowest BCUT2D eigenvalue weighted by atomic mass is 9.57. The van der Waals surface area contributed by atoms with E-state index in [0.29, 0.717) is 11.3 Å². The lowest BCUT2D eigenvalue weighted by molar-refractivity contribution is -0.131. The van der Waals surface area contributed by atoms with Crippen LogP contribution in [0.1, 0.15) is 42.1 Å². The van der Waals surface area contributed by atoms with E-state index in [0.717, 1.165) is 37.9 Å². The fourth-order valence-electron chi connectivity index (χ4n) is 5.61. The van der Waals surface area contributed by atoms with Crippen LogP contribution in [0.4, 0.5) is 0 Å². The zero-order valence-corrected chi connectivity index (χ0v) is 19.0. The van der Waals surface area contributed by atoms with Gasteiger partial charge in [-0.05, 0) is 62.7 Å². The summed E-state index contributed by atoms with van der Waals surface area (Å²) >= 11 is 0. The van der Waals surface area contributed by atoms with Crippen molar-refractivity contribution in [1.82, 2.24) is 10.2 Å². The molecular formula is C26H32N2O4. The number of benzene rings is 2. The minimum atomic E-state index is -0.328. The monoisotopic (exact) mass is 436 g/mol. The molecule has 2 aromatic carbocycles. The molecule has 4 atom stereocenters. The van der Waals surface area contributed by atoms with Crippen LogP contribution >= 0.6 is 0 Å². The quantitative estimate of drug-likeness (QED) is 0.575. The normalized spacial score (nSPS) is 27.9. The summed E-state index contributed by atoms with van der Waals surface area (Å²) in [6.45, 7) is 3.31. The minimum Gasteiger partial charge on any atom is -0.427 e. The number of carbonyl (C=O) groups is 2. The topological polar surface area (TPSA) is 67.9 Å². The molecule has 170 valence electrons. The fourth-order valence-corrected chi connectivity index (χ4v) is 5.61. The SMILES string of the molecule is COC1C[C@@H](NC(=O)c2ccccc2)C[C@]2(c3cccc(OC(C)=O)c3)CCN(C)C[C@@H]12. The molecule has 0 radical (unpaired) electrons. The third-order valence-electron chi connectivity index (χ3n) is 7.08. The molecule has 1 saturated carbocycles. The zero-order valence-electron chi connectivity index (χ0n) is 19.0. The van der Waals surface area contributed by atoms with Crippen LogP contribution in [0.3, 0.4) is 0 Å². The van der Waals surface area contributed by atoms with E-state index >= 15 is 0 Å². The molecule has 32 heavy (non-hydrogen) atoms. The summed E-state index contributed by atoms with van der Waals surface area (Å²) in [5.74, 6) is 0.460. The largest absolute Gasteiger partial charge is 0.427 e. The first-order valence-electron chi connectivity index (χ1n) is 11.3. The molecule has 2 aromatic rings. The maximum atomic E-state index is 12.9. The molecule has 1 heterocycles. The van der Waals surface area contributed by atoms with Gasteiger partial charge in [-0.15, -0.1) is 0 Å². The van der Waals surface area contributed by atoms with Crippen LogP contribution in [-0.2, 0) is 14.9 Å². The van der Waals surface area contributed by atoms with Crippen LogP contribution in [0.5, 0.6) is 5.75 Å². The van der Waals surface area contributed by atoms with Crippen LogP contribution in [0.15, 0.2) is 54.6 Å². The van der Waals surface area contributed by atoms with Gasteiger partial charge in [0.25, 0.3) is 5.91 Å². The molecule has 1 aliphatic carbocycles. The molecule has 1 aliphatic heterocycles. The molecule has 1 saturated heterocycles. The fraction of sp³-hybridized carbons (Fsp3) is 0.462. The highest BCUT2D eigenvalue weighted by molar-refractivity contribution is 5.94. The molecular weight excluding hydrogens is 404 g/mol. The van der Waals surface area contributed by atoms with Gasteiger partial charge in [0.05, 0.1) is 6.10 Å². The number of nitrogens with zero attached hydrogens (tertiary/aromatic N) is 1. The summed E-state index contributed by atoms with van der Waals surface area (Å²) < 4.78 is 11.4. The van der Waals surface area contributed by atoms with E-state index in [1.807, 2.05) is 48.5 Å². The second-order valence-electron chi connectivity index (χ2n) is 9.15. The molecule has 6 nitrogen and oxygen atoms in total. The lowest BCUT2D eigenvalue weighted by Crippen LogP contribution is -2.60. The summed E-state index contributed by atoms with van der Waals surface area (Å²) in [4.78, 5) is 26.8. The van der Waals surface area contributed by atoms with Crippen molar-refractivity contribution < 1.29 is 19.1 Å². The Hall–Kier alpha value is -2.70. The molecule has 0 aromatic heterocycles. The van der Waals surface area contributed by atoms with E-state index in [4.69, 9.17) is 9.47 Å². The van der Waals surface area contributed by atoms with Crippen LogP contribution in [0.25, 0.3) is 0 Å². The summed E-state index contributed by atoms with van der Waals surface area (Å²) in [7, 11) is 3.91. The number of methoxy groups -OCH3 is 1. The van der Waals surface area contributed by atoms with Crippen molar-refractivity contribution in [3.05, 3.63) is 65.7 Å². The predicted octanol–water partition coefficient (Wildman–Crippen LogP) is 3.41. The summed E-state index contributed by atoms with van der Waals surface area (Å²) in [5, 5.41) is 3.27. The van der Waals surface area contributed by atoms with E-state index in [-0.39, 0.29) is 35.4 Å². The average Bonchev–Trinajstić information content (AvgIpc) is 2.79. The van der Waals surface area contributed by atoms with E-state index in [2.05, 4.69) is 23.3 Å². The first-order chi connectivity index (χ1) is 15.4. The van der Waals surface area contributed by atoms with Gasteiger partial charge in [0, 0.05) is 43.5 Å². The van der Waals surface area contributed by atoms with Crippen LogP contribution < -0.4 is 10.1 Å². The maximum Gasteiger partial charge on any atom is 0.308 e. The van der Waals surface area contributed by atoms with Gasteiger partial charge < -0.3 is 19.7 Å². The number of likely N-dealkylation sites (tertiary alicyclic amines) is 1. The highest BCUT2D eigenvalue weighted by atomic mass is 16.5. The Kier molecular flexibility index (Phi) is 6.63. The smallest absolute Gasteiger partial charge is 0.308 e. The van der Waals surface area contributed by atoms with E-state index in [9.17, 15) is 9.59 Å². The Morgan fingerprint density at radius 3 is 2.62 bits per heavy atom. The van der Waals surface area contributed by atoms with Crippen molar-refractivity contribution in [2.24, 2.45) is 5.92 Å². The Labute approximate surface area is 189 Å². The second kappa shape index (κ2) is 9.43. The highest BCUT2D eigenvalue weighted by Crippen LogP contribution is 2.50. The highest BCUT2D eigenvalue weighted by Gasteiger charge is 2.52. The van der Waals surface area contributed by atoms with Crippen molar-refractivity contribution in [2.75, 3.05) is 27.2 Å². The number of ether oxygens (including phenoxy) is 2. The van der Waals surface area contributed by atoms with Gasteiger partial charge in [-0.2, -0.15) is 0 Å². The van der Waals surface area contributed by atoms with E-state index < -0.39 is 0 Å². The molecule has 1 amide bonds. The Morgan fingerprint density at radius 1 is 1.12 bits per heavy atom. The number of carbonyl (C=O) groups excluding carboxylic acids is 2. The van der Waals surface area contributed by atoms with Gasteiger partial charge >= 0.3 is 5.97 Å². The summed E-state index contributed by atoms with van der Waals surface area (Å²) in [5.41, 5.74) is 1.64. The third-order valence-corrected chi connectivity index (χ3v) is 7.08. The van der Waals surface area contributed by atoms with Crippen LogP contribution in [0.2, 0.25) is 0 Å². The Morgan fingerprint density at radius 2 is 1.91 bits per heavy atom. The van der Waals surface area contributed by atoms with E-state index in [1.165, 1.54) is 6.92 Å². The average molecular weight is 437 g/mol. The molecule has 1 N–H and O–H groups in total. The van der Waals surface area contributed by atoms with Gasteiger partial charge in [0.15, 0.2) is 0 Å². The third kappa shape index (κ3) is 4.57.